The van der Waals surface area contributed by atoms with Crippen LogP contribution in [-0.2, 0) is 51.1 Å². The lowest BCUT2D eigenvalue weighted by atomic mass is 9.88. The van der Waals surface area contributed by atoms with Gasteiger partial charge in [-0.25, -0.2) is 4.79 Å². The molecule has 2 aromatic rings. The number of nitrogens with one attached hydrogen (secondary N) is 2. The van der Waals surface area contributed by atoms with Crippen LogP contribution in [0.3, 0.4) is 0 Å². The van der Waals surface area contributed by atoms with Crippen molar-refractivity contribution in [2.75, 3.05) is 46.2 Å². The number of aliphatic hydroxyl groups is 3. The van der Waals surface area contributed by atoms with Gasteiger partial charge in [0.2, 0.25) is 11.8 Å². The van der Waals surface area contributed by atoms with Crippen molar-refractivity contribution in [3.8, 4) is 12.3 Å². The van der Waals surface area contributed by atoms with Crippen molar-refractivity contribution in [1.82, 2.24) is 10.6 Å². The van der Waals surface area contributed by atoms with Crippen LogP contribution in [0.1, 0.15) is 29.5 Å². The standard InChI is InChI=1S/C35H46N2O12/c1-3-14-45-16-18-47-19-17-46-15-13-29(40)37-31-27(38)21-35(34(43)44,48-23-26-7-5-4-6-8-26)49-33(31)32(42)28(39)22-36-30(41)20-25-11-9-24(2)10-12-25/h1,4-12,27-28,31-33,38-39,42H,13-23H2,2H3,(H,36,41)(H,37,40)(H,43,44)/t27-,28+,31+,32+,33+,35+/m0/s1. The Balaban J connectivity index is 1.64. The molecule has 1 heterocycles. The summed E-state index contributed by atoms with van der Waals surface area (Å²) in [5.74, 6) is -2.70. The highest BCUT2D eigenvalue weighted by atomic mass is 16.7. The lowest BCUT2D eigenvalue weighted by molar-refractivity contribution is -0.314. The van der Waals surface area contributed by atoms with Gasteiger partial charge in [-0.1, -0.05) is 66.1 Å². The van der Waals surface area contributed by atoms with Gasteiger partial charge in [0.15, 0.2) is 0 Å². The molecule has 268 valence electrons. The number of aliphatic hydroxyl groups excluding tert-OH is 3. The van der Waals surface area contributed by atoms with Gasteiger partial charge in [0, 0.05) is 19.4 Å². The van der Waals surface area contributed by atoms with Crippen LogP contribution in [-0.4, -0.2) is 121 Å². The van der Waals surface area contributed by atoms with Gasteiger partial charge >= 0.3 is 5.97 Å². The molecule has 0 aromatic heterocycles. The van der Waals surface area contributed by atoms with Gasteiger partial charge in [0.1, 0.15) is 18.8 Å². The smallest absolute Gasteiger partial charge is 0.364 e. The topological polar surface area (TPSA) is 202 Å². The van der Waals surface area contributed by atoms with Crippen molar-refractivity contribution in [1.29, 1.82) is 0 Å². The van der Waals surface area contributed by atoms with Gasteiger partial charge in [0.05, 0.1) is 64.3 Å². The number of hydrogen-bond donors (Lipinski definition) is 6. The van der Waals surface area contributed by atoms with Crippen molar-refractivity contribution in [3.63, 3.8) is 0 Å². The Hall–Kier alpha value is -3.91. The third kappa shape index (κ3) is 13.1. The normalized spacial score (nSPS) is 21.7. The van der Waals surface area contributed by atoms with Crippen molar-refractivity contribution < 1.29 is 58.5 Å². The van der Waals surface area contributed by atoms with E-state index >= 15 is 0 Å². The zero-order valence-corrected chi connectivity index (χ0v) is 27.5. The van der Waals surface area contributed by atoms with Gasteiger partial charge < -0.3 is 54.7 Å². The van der Waals surface area contributed by atoms with Crippen molar-refractivity contribution >= 4 is 17.8 Å². The SMILES string of the molecule is C#CCOCCOCCOCCC(=O)N[C@H]1[C@H]([C@H](O)[C@H](O)CNC(=O)Cc2ccc(C)cc2)O[C@@](OCc2ccccc2)(C(=O)O)C[C@@H]1O. The van der Waals surface area contributed by atoms with Gasteiger partial charge in [0.25, 0.3) is 5.79 Å². The molecule has 2 aromatic carbocycles. The number of rotatable bonds is 21. The lowest BCUT2D eigenvalue weighted by Crippen LogP contribution is -2.68. The van der Waals surface area contributed by atoms with Crippen LogP contribution in [0.15, 0.2) is 54.6 Å². The summed E-state index contributed by atoms with van der Waals surface area (Å²) in [6.07, 6.45) is -2.45. The van der Waals surface area contributed by atoms with Crippen molar-refractivity contribution in [3.05, 3.63) is 71.3 Å². The Bertz CT molecular complexity index is 1350. The fourth-order valence-electron chi connectivity index (χ4n) is 5.00. The minimum atomic E-state index is -2.44. The first kappa shape index (κ1) is 39.5. The Morgan fingerprint density at radius 3 is 2.27 bits per heavy atom. The molecule has 0 radical (unpaired) electrons. The van der Waals surface area contributed by atoms with Crippen molar-refractivity contribution in [2.24, 2.45) is 0 Å². The minimum absolute atomic E-state index is 0.00539. The molecule has 14 nitrogen and oxygen atoms in total. The molecule has 14 heteroatoms. The van der Waals surface area contributed by atoms with Crippen LogP contribution in [0.25, 0.3) is 0 Å². The Morgan fingerprint density at radius 2 is 1.61 bits per heavy atom. The van der Waals surface area contributed by atoms with E-state index in [1.807, 2.05) is 19.1 Å². The van der Waals surface area contributed by atoms with E-state index in [1.165, 1.54) is 0 Å². The maximum absolute atomic E-state index is 12.9. The molecule has 0 unspecified atom stereocenters. The van der Waals surface area contributed by atoms with E-state index < -0.39 is 67.0 Å². The number of carbonyl (C=O) groups is 3. The van der Waals surface area contributed by atoms with E-state index in [0.717, 1.165) is 11.1 Å². The predicted molar refractivity (Wildman–Crippen MR) is 175 cm³/mol. The van der Waals surface area contributed by atoms with Crippen LogP contribution in [0.4, 0.5) is 0 Å². The predicted octanol–water partition coefficient (Wildman–Crippen LogP) is 0.0809. The zero-order valence-electron chi connectivity index (χ0n) is 27.5. The van der Waals surface area contributed by atoms with E-state index in [4.69, 9.17) is 30.1 Å². The highest BCUT2D eigenvalue weighted by Crippen LogP contribution is 2.34. The summed E-state index contributed by atoms with van der Waals surface area (Å²) in [6.45, 7) is 2.57. The molecule has 3 rings (SSSR count). The fourth-order valence-corrected chi connectivity index (χ4v) is 5.00. The van der Waals surface area contributed by atoms with Crippen LogP contribution in [0.2, 0.25) is 0 Å². The van der Waals surface area contributed by atoms with Crippen LogP contribution >= 0.6 is 0 Å². The number of carboxylic acid groups (broad SMARTS) is 1. The number of amides is 2. The number of ether oxygens (including phenoxy) is 5. The maximum Gasteiger partial charge on any atom is 0.364 e. The van der Waals surface area contributed by atoms with E-state index in [1.54, 1.807) is 42.5 Å². The summed E-state index contributed by atoms with van der Waals surface area (Å²) in [7, 11) is 0. The minimum Gasteiger partial charge on any atom is -0.477 e. The highest BCUT2D eigenvalue weighted by Gasteiger charge is 2.55. The number of terminal acetylenes is 1. The van der Waals surface area contributed by atoms with Crippen molar-refractivity contribution in [2.45, 2.75) is 69.0 Å². The van der Waals surface area contributed by atoms with Gasteiger partial charge in [-0.05, 0) is 18.1 Å². The van der Waals surface area contributed by atoms with Crippen LogP contribution in [0, 0.1) is 19.3 Å². The van der Waals surface area contributed by atoms with E-state index in [9.17, 15) is 34.8 Å². The second-order valence-corrected chi connectivity index (χ2v) is 11.5. The number of aryl methyl sites for hydroxylation is 1. The number of aliphatic carboxylic acids is 1. The molecule has 6 N–H and O–H groups in total. The molecule has 6 atom stereocenters. The number of benzene rings is 2. The molecule has 0 bridgehead atoms. The summed E-state index contributed by atoms with van der Waals surface area (Å²) < 4.78 is 27.4. The molecular weight excluding hydrogens is 640 g/mol. The van der Waals surface area contributed by atoms with Crippen LogP contribution in [0.5, 0.6) is 0 Å². The van der Waals surface area contributed by atoms with Gasteiger partial charge in [-0.3, -0.25) is 9.59 Å². The average Bonchev–Trinajstić information content (AvgIpc) is 3.09. The van der Waals surface area contributed by atoms with E-state index in [0.29, 0.717) is 18.8 Å². The second kappa shape index (κ2) is 20.6. The first-order valence-electron chi connectivity index (χ1n) is 16.0. The van der Waals surface area contributed by atoms with E-state index in [-0.39, 0.29) is 45.9 Å². The number of carbonyl (C=O) groups excluding carboxylic acids is 2. The maximum atomic E-state index is 12.9. The molecule has 0 spiro atoms. The number of hydrogen-bond acceptors (Lipinski definition) is 11. The summed E-state index contributed by atoms with van der Waals surface area (Å²) in [5, 5.41) is 48.6. The molecule has 1 aliphatic rings. The monoisotopic (exact) mass is 686 g/mol. The molecule has 1 saturated heterocycles. The second-order valence-electron chi connectivity index (χ2n) is 11.5. The summed E-state index contributed by atoms with van der Waals surface area (Å²) >= 11 is 0. The van der Waals surface area contributed by atoms with Gasteiger partial charge in [-0.2, -0.15) is 0 Å². The molecular formula is C35H46N2O12. The first-order chi connectivity index (χ1) is 23.5. The van der Waals surface area contributed by atoms with Crippen LogP contribution < -0.4 is 10.6 Å². The third-order valence-corrected chi connectivity index (χ3v) is 7.67. The third-order valence-electron chi connectivity index (χ3n) is 7.67. The Morgan fingerprint density at radius 1 is 0.959 bits per heavy atom. The first-order valence-corrected chi connectivity index (χ1v) is 16.0. The Labute approximate surface area is 285 Å². The lowest BCUT2D eigenvalue weighted by Gasteiger charge is -2.46. The largest absolute Gasteiger partial charge is 0.477 e. The van der Waals surface area contributed by atoms with E-state index in [2.05, 4.69) is 16.6 Å². The molecule has 0 saturated carbocycles. The summed E-state index contributed by atoms with van der Waals surface area (Å²) in [4.78, 5) is 38.0. The molecule has 1 aliphatic heterocycles. The summed E-state index contributed by atoms with van der Waals surface area (Å²) in [6, 6.07) is 14.6. The molecule has 2 amide bonds. The molecule has 49 heavy (non-hydrogen) atoms. The average molecular weight is 687 g/mol. The molecule has 0 aliphatic carbocycles. The zero-order chi connectivity index (χ0) is 35.6. The number of carboxylic acids is 1. The Kier molecular flexibility index (Phi) is 16.6. The van der Waals surface area contributed by atoms with Gasteiger partial charge in [-0.15, -0.1) is 6.42 Å². The quantitative estimate of drug-likeness (QED) is 0.0764. The molecule has 1 fully saturated rings. The highest BCUT2D eigenvalue weighted by molar-refractivity contribution is 5.79. The summed E-state index contributed by atoms with van der Waals surface area (Å²) in [5.41, 5.74) is 2.39. The fraction of sp³-hybridized carbons (Fsp3) is 0.514.